The summed E-state index contributed by atoms with van der Waals surface area (Å²) in [6, 6.07) is 5.57. The van der Waals surface area contributed by atoms with Crippen LogP contribution in [0.1, 0.15) is 18.5 Å². The lowest BCUT2D eigenvalue weighted by Gasteiger charge is -2.25. The molecule has 4 heteroatoms. The van der Waals surface area contributed by atoms with Crippen molar-refractivity contribution in [3.8, 4) is 0 Å². The van der Waals surface area contributed by atoms with E-state index in [2.05, 4.69) is 0 Å². The number of benzene rings is 1. The molecule has 1 unspecified atom stereocenters. The van der Waals surface area contributed by atoms with Crippen molar-refractivity contribution in [2.45, 2.75) is 13.0 Å². The molecule has 1 aromatic rings. The summed E-state index contributed by atoms with van der Waals surface area (Å²) in [5.74, 6) is 0. The largest absolute Gasteiger partial charge is 0.395 e. The molecule has 0 spiro atoms. The fourth-order valence-electron chi connectivity index (χ4n) is 1.42. The quantitative estimate of drug-likeness (QED) is 0.885. The third kappa shape index (κ3) is 3.35. The highest BCUT2D eigenvalue weighted by molar-refractivity contribution is 6.33. The Morgan fingerprint density at radius 1 is 1.40 bits per heavy atom. The predicted octanol–water partition coefficient (Wildman–Crippen LogP) is 2.98. The highest BCUT2D eigenvalue weighted by atomic mass is 35.5. The van der Waals surface area contributed by atoms with Gasteiger partial charge in [0, 0.05) is 22.6 Å². The van der Waals surface area contributed by atoms with E-state index >= 15 is 0 Å². The van der Waals surface area contributed by atoms with Gasteiger partial charge in [0.15, 0.2) is 0 Å². The highest BCUT2D eigenvalue weighted by Gasteiger charge is 2.14. The maximum Gasteiger partial charge on any atom is 0.0558 e. The van der Waals surface area contributed by atoms with E-state index in [1.807, 2.05) is 24.9 Å². The van der Waals surface area contributed by atoms with Crippen LogP contribution >= 0.6 is 23.2 Å². The maximum atomic E-state index is 8.86. The van der Waals surface area contributed by atoms with E-state index in [4.69, 9.17) is 28.3 Å². The first-order valence-electron chi connectivity index (χ1n) is 4.82. The lowest BCUT2D eigenvalue weighted by Crippen LogP contribution is -2.25. The zero-order valence-corrected chi connectivity index (χ0v) is 10.4. The van der Waals surface area contributed by atoms with Gasteiger partial charge in [0.2, 0.25) is 0 Å². The van der Waals surface area contributed by atoms with E-state index in [0.717, 1.165) is 5.56 Å². The van der Waals surface area contributed by atoms with Crippen LogP contribution in [0, 0.1) is 0 Å². The number of aliphatic hydroxyl groups is 1. The molecule has 1 rings (SSSR count). The summed E-state index contributed by atoms with van der Waals surface area (Å²) < 4.78 is 0. The summed E-state index contributed by atoms with van der Waals surface area (Å²) in [6.07, 6.45) is 0. The van der Waals surface area contributed by atoms with Crippen molar-refractivity contribution < 1.29 is 5.11 Å². The van der Waals surface area contributed by atoms with Crippen molar-refractivity contribution in [3.05, 3.63) is 33.8 Å². The number of rotatable bonds is 4. The van der Waals surface area contributed by atoms with Gasteiger partial charge in [-0.05, 0) is 37.7 Å². The van der Waals surface area contributed by atoms with Crippen molar-refractivity contribution >= 4 is 23.2 Å². The van der Waals surface area contributed by atoms with Gasteiger partial charge < -0.3 is 5.11 Å². The van der Waals surface area contributed by atoms with Crippen molar-refractivity contribution in [2.75, 3.05) is 20.2 Å². The third-order valence-electron chi connectivity index (χ3n) is 2.52. The molecule has 1 aromatic carbocycles. The summed E-state index contributed by atoms with van der Waals surface area (Å²) in [4.78, 5) is 2.03. The molecule has 0 aliphatic heterocycles. The normalized spacial score (nSPS) is 13.2. The highest BCUT2D eigenvalue weighted by Crippen LogP contribution is 2.28. The second-order valence-corrected chi connectivity index (χ2v) is 4.39. The molecular formula is C11H15Cl2NO. The molecule has 0 saturated carbocycles. The molecule has 15 heavy (non-hydrogen) atoms. The summed E-state index contributed by atoms with van der Waals surface area (Å²) in [6.45, 7) is 2.79. The Kier molecular flexibility index (Phi) is 4.87. The van der Waals surface area contributed by atoms with Crippen LogP contribution in [0.3, 0.4) is 0 Å². The Morgan fingerprint density at radius 3 is 2.67 bits per heavy atom. The second-order valence-electron chi connectivity index (χ2n) is 3.55. The Labute approximate surface area is 100 Å². The molecule has 0 fully saturated rings. The number of hydrogen-bond acceptors (Lipinski definition) is 2. The third-order valence-corrected chi connectivity index (χ3v) is 3.10. The molecule has 0 saturated heterocycles. The molecule has 1 N–H and O–H groups in total. The van der Waals surface area contributed by atoms with Crippen LogP contribution < -0.4 is 0 Å². The summed E-state index contributed by atoms with van der Waals surface area (Å²) >= 11 is 12.0. The monoisotopic (exact) mass is 247 g/mol. The van der Waals surface area contributed by atoms with Crippen LogP contribution in [0.25, 0.3) is 0 Å². The number of hydrogen-bond donors (Lipinski definition) is 1. The molecule has 2 nitrogen and oxygen atoms in total. The van der Waals surface area contributed by atoms with Crippen LogP contribution in [0.15, 0.2) is 18.2 Å². The van der Waals surface area contributed by atoms with Gasteiger partial charge in [-0.2, -0.15) is 0 Å². The van der Waals surface area contributed by atoms with Gasteiger partial charge in [-0.25, -0.2) is 0 Å². The van der Waals surface area contributed by atoms with Crippen LogP contribution in [0.4, 0.5) is 0 Å². The molecular weight excluding hydrogens is 233 g/mol. The Balaban J connectivity index is 2.89. The van der Waals surface area contributed by atoms with Crippen molar-refractivity contribution in [1.82, 2.24) is 4.90 Å². The van der Waals surface area contributed by atoms with Gasteiger partial charge >= 0.3 is 0 Å². The van der Waals surface area contributed by atoms with E-state index in [-0.39, 0.29) is 12.6 Å². The first-order chi connectivity index (χ1) is 7.06. The predicted molar refractivity (Wildman–Crippen MR) is 64.6 cm³/mol. The van der Waals surface area contributed by atoms with Gasteiger partial charge in [-0.1, -0.05) is 23.2 Å². The van der Waals surface area contributed by atoms with Crippen LogP contribution in [0.5, 0.6) is 0 Å². The topological polar surface area (TPSA) is 23.5 Å². The van der Waals surface area contributed by atoms with Crippen LogP contribution in [0.2, 0.25) is 10.0 Å². The molecule has 0 bridgehead atoms. The average molecular weight is 248 g/mol. The van der Waals surface area contributed by atoms with Gasteiger partial charge in [0.25, 0.3) is 0 Å². The van der Waals surface area contributed by atoms with Gasteiger partial charge in [-0.3, -0.25) is 4.90 Å². The summed E-state index contributed by atoms with van der Waals surface area (Å²) in [5.41, 5.74) is 0.986. The van der Waals surface area contributed by atoms with Gasteiger partial charge in [0.1, 0.15) is 0 Å². The fraction of sp³-hybridized carbons (Fsp3) is 0.455. The molecule has 0 amide bonds. The van der Waals surface area contributed by atoms with E-state index in [1.54, 1.807) is 12.1 Å². The smallest absolute Gasteiger partial charge is 0.0558 e. The van der Waals surface area contributed by atoms with E-state index in [0.29, 0.717) is 16.6 Å². The molecule has 1 atom stereocenters. The minimum atomic E-state index is 0.138. The standard InChI is InChI=1S/C11H15Cl2NO/c1-8(14(2)5-6-15)10-7-9(12)3-4-11(10)13/h3-4,7-8,15H,5-6H2,1-2H3. The molecule has 0 aliphatic rings. The fourth-order valence-corrected chi connectivity index (χ4v) is 1.88. The maximum absolute atomic E-state index is 8.86. The zero-order chi connectivity index (χ0) is 11.4. The number of nitrogens with zero attached hydrogens (tertiary/aromatic N) is 1. The molecule has 0 heterocycles. The lowest BCUT2D eigenvalue weighted by molar-refractivity contribution is 0.189. The second kappa shape index (κ2) is 5.71. The van der Waals surface area contributed by atoms with Gasteiger partial charge in [0.05, 0.1) is 6.61 Å². The summed E-state index contributed by atoms with van der Waals surface area (Å²) in [7, 11) is 1.94. The number of aliphatic hydroxyl groups excluding tert-OH is 1. The van der Waals surface area contributed by atoms with Gasteiger partial charge in [-0.15, -0.1) is 0 Å². The molecule has 0 radical (unpaired) electrons. The first-order valence-corrected chi connectivity index (χ1v) is 5.58. The Bertz CT molecular complexity index is 330. The van der Waals surface area contributed by atoms with E-state index in [9.17, 15) is 0 Å². The SMILES string of the molecule is CC(c1cc(Cl)ccc1Cl)N(C)CCO. The van der Waals surface area contributed by atoms with E-state index < -0.39 is 0 Å². The zero-order valence-electron chi connectivity index (χ0n) is 8.87. The van der Waals surface area contributed by atoms with Crippen LogP contribution in [-0.2, 0) is 0 Å². The van der Waals surface area contributed by atoms with E-state index in [1.165, 1.54) is 0 Å². The average Bonchev–Trinajstić information content (AvgIpc) is 2.21. The van der Waals surface area contributed by atoms with Crippen molar-refractivity contribution in [1.29, 1.82) is 0 Å². The molecule has 84 valence electrons. The molecule has 0 aliphatic carbocycles. The number of halogens is 2. The summed E-state index contributed by atoms with van der Waals surface area (Å²) in [5, 5.41) is 10.2. The minimum absolute atomic E-state index is 0.138. The lowest BCUT2D eigenvalue weighted by atomic mass is 10.1. The Hall–Kier alpha value is -0.280. The van der Waals surface area contributed by atoms with Crippen molar-refractivity contribution in [3.63, 3.8) is 0 Å². The van der Waals surface area contributed by atoms with Crippen molar-refractivity contribution in [2.24, 2.45) is 0 Å². The molecule has 0 aromatic heterocycles. The van der Waals surface area contributed by atoms with Crippen LogP contribution in [-0.4, -0.2) is 30.2 Å². The first kappa shape index (κ1) is 12.8. The Morgan fingerprint density at radius 2 is 2.07 bits per heavy atom. The number of likely N-dealkylation sites (N-methyl/N-ethyl adjacent to an activating group) is 1. The minimum Gasteiger partial charge on any atom is -0.395 e.